The van der Waals surface area contributed by atoms with Gasteiger partial charge in [-0.1, -0.05) is 54.1 Å². The molecule has 0 aliphatic heterocycles. The van der Waals surface area contributed by atoms with E-state index in [1.165, 1.54) is 5.56 Å². The van der Waals surface area contributed by atoms with Gasteiger partial charge in [-0.05, 0) is 35.6 Å². The summed E-state index contributed by atoms with van der Waals surface area (Å²) in [5.74, 6) is -0.815. The van der Waals surface area contributed by atoms with Gasteiger partial charge in [-0.2, -0.15) is 0 Å². The molecular weight excluding hydrogens is 334 g/mol. The predicted molar refractivity (Wildman–Crippen MR) is 100 cm³/mol. The van der Waals surface area contributed by atoms with Gasteiger partial charge in [-0.15, -0.1) is 0 Å². The topological polar surface area (TPSA) is 46.5 Å². The molecule has 0 saturated heterocycles. The SMILES string of the molecule is O=C1CC(c2ccc(Cl)cc2)CC(=O)C1C=NCCc1ccccc1. The van der Waals surface area contributed by atoms with Crippen molar-refractivity contribution in [3.05, 3.63) is 70.7 Å². The molecule has 1 aliphatic carbocycles. The van der Waals surface area contributed by atoms with E-state index in [1.807, 2.05) is 42.5 Å². The molecule has 0 bridgehead atoms. The lowest BCUT2D eigenvalue weighted by Crippen LogP contribution is -2.33. The van der Waals surface area contributed by atoms with Crippen molar-refractivity contribution in [1.82, 2.24) is 0 Å². The molecule has 1 aliphatic rings. The van der Waals surface area contributed by atoms with Crippen LogP contribution < -0.4 is 0 Å². The van der Waals surface area contributed by atoms with Gasteiger partial charge in [0.2, 0.25) is 0 Å². The summed E-state index contributed by atoms with van der Waals surface area (Å²) < 4.78 is 0. The molecule has 3 rings (SSSR count). The highest BCUT2D eigenvalue weighted by Crippen LogP contribution is 2.31. The van der Waals surface area contributed by atoms with Crippen molar-refractivity contribution in [3.8, 4) is 0 Å². The van der Waals surface area contributed by atoms with Crippen LogP contribution in [0.5, 0.6) is 0 Å². The van der Waals surface area contributed by atoms with Crippen LogP contribution in [0.4, 0.5) is 0 Å². The molecule has 2 aromatic carbocycles. The van der Waals surface area contributed by atoms with Gasteiger partial charge in [0.05, 0.1) is 0 Å². The van der Waals surface area contributed by atoms with Crippen LogP contribution in [0.1, 0.15) is 29.9 Å². The first-order chi connectivity index (χ1) is 12.1. The van der Waals surface area contributed by atoms with Gasteiger partial charge < -0.3 is 0 Å². The van der Waals surface area contributed by atoms with Crippen LogP contribution >= 0.6 is 11.6 Å². The molecule has 0 atom stereocenters. The Bertz CT molecular complexity index is 750. The van der Waals surface area contributed by atoms with Gasteiger partial charge in [0.25, 0.3) is 0 Å². The summed E-state index contributed by atoms with van der Waals surface area (Å²) >= 11 is 5.90. The van der Waals surface area contributed by atoms with Crippen molar-refractivity contribution in [2.75, 3.05) is 6.54 Å². The molecule has 0 N–H and O–H groups in total. The quantitative estimate of drug-likeness (QED) is 0.594. The van der Waals surface area contributed by atoms with Gasteiger partial charge in [0, 0.05) is 30.6 Å². The van der Waals surface area contributed by atoms with Crippen LogP contribution in [0.2, 0.25) is 5.02 Å². The number of ketones is 2. The predicted octanol–water partition coefficient (Wildman–Crippen LogP) is 4.29. The molecule has 0 heterocycles. The minimum absolute atomic E-state index is 0.0420. The molecule has 0 spiro atoms. The minimum atomic E-state index is -0.681. The van der Waals surface area contributed by atoms with Crippen LogP contribution in [-0.2, 0) is 16.0 Å². The van der Waals surface area contributed by atoms with E-state index in [2.05, 4.69) is 4.99 Å². The monoisotopic (exact) mass is 353 g/mol. The second-order valence-corrected chi connectivity index (χ2v) is 6.79. The second kappa shape index (κ2) is 8.21. The lowest BCUT2D eigenvalue weighted by molar-refractivity contribution is -0.133. The maximum absolute atomic E-state index is 12.4. The number of hydrogen-bond acceptors (Lipinski definition) is 3. The normalized spacial score (nSPS) is 21.0. The zero-order chi connectivity index (χ0) is 17.6. The molecule has 1 saturated carbocycles. The maximum Gasteiger partial charge on any atom is 0.149 e. The number of carbonyl (C=O) groups is 2. The van der Waals surface area contributed by atoms with Gasteiger partial charge in [-0.25, -0.2) is 0 Å². The summed E-state index contributed by atoms with van der Waals surface area (Å²) in [6.45, 7) is 0.585. The molecule has 128 valence electrons. The molecular formula is C21H20ClNO2. The fourth-order valence-corrected chi connectivity index (χ4v) is 3.27. The number of rotatable bonds is 5. The largest absolute Gasteiger partial charge is 0.298 e. The smallest absolute Gasteiger partial charge is 0.149 e. The highest BCUT2D eigenvalue weighted by molar-refractivity contribution is 6.30. The summed E-state index contributed by atoms with van der Waals surface area (Å²) in [7, 11) is 0. The molecule has 0 radical (unpaired) electrons. The molecule has 3 nitrogen and oxygen atoms in total. The molecule has 25 heavy (non-hydrogen) atoms. The summed E-state index contributed by atoms with van der Waals surface area (Å²) in [4.78, 5) is 29.1. The van der Waals surface area contributed by atoms with Gasteiger partial charge in [0.1, 0.15) is 17.5 Å². The van der Waals surface area contributed by atoms with Crippen LogP contribution in [0.15, 0.2) is 59.6 Å². The number of benzene rings is 2. The number of hydrogen-bond donors (Lipinski definition) is 0. The molecule has 0 amide bonds. The third kappa shape index (κ3) is 4.64. The summed E-state index contributed by atoms with van der Waals surface area (Å²) in [6, 6.07) is 17.4. The fraction of sp³-hybridized carbons (Fsp3) is 0.286. The number of aliphatic imine (C=N–C) groups is 1. The maximum atomic E-state index is 12.4. The summed E-state index contributed by atoms with van der Waals surface area (Å²) in [5.41, 5.74) is 2.19. The fourth-order valence-electron chi connectivity index (χ4n) is 3.15. The Morgan fingerprint density at radius 3 is 2.24 bits per heavy atom. The summed E-state index contributed by atoms with van der Waals surface area (Å²) in [5, 5.41) is 0.653. The van der Waals surface area contributed by atoms with E-state index in [4.69, 9.17) is 11.6 Å². The number of carbonyl (C=O) groups excluding carboxylic acids is 2. The first-order valence-electron chi connectivity index (χ1n) is 8.48. The highest BCUT2D eigenvalue weighted by Gasteiger charge is 2.34. The number of halogens is 1. The standard InChI is InChI=1S/C21H20ClNO2/c22-18-8-6-16(7-9-18)17-12-20(24)19(21(25)13-17)14-23-11-10-15-4-2-1-3-5-15/h1-9,14,17,19H,10-13H2. The van der Waals surface area contributed by atoms with Crippen molar-refractivity contribution < 1.29 is 9.59 Å². The van der Waals surface area contributed by atoms with Crippen LogP contribution in [-0.4, -0.2) is 24.3 Å². The third-order valence-electron chi connectivity index (χ3n) is 4.56. The van der Waals surface area contributed by atoms with E-state index in [0.29, 0.717) is 24.4 Å². The molecule has 0 unspecified atom stereocenters. The van der Waals surface area contributed by atoms with Gasteiger partial charge in [0.15, 0.2) is 0 Å². The zero-order valence-corrected chi connectivity index (χ0v) is 14.7. The Balaban J connectivity index is 1.57. The van der Waals surface area contributed by atoms with Crippen molar-refractivity contribution in [2.24, 2.45) is 10.9 Å². The Hall–Kier alpha value is -2.26. The average Bonchev–Trinajstić information content (AvgIpc) is 2.62. The van der Waals surface area contributed by atoms with E-state index in [1.54, 1.807) is 18.3 Å². The lowest BCUT2D eigenvalue weighted by atomic mass is 9.77. The number of nitrogens with zero attached hydrogens (tertiary/aromatic N) is 1. The van der Waals surface area contributed by atoms with Gasteiger partial charge in [-0.3, -0.25) is 14.6 Å². The van der Waals surface area contributed by atoms with E-state index >= 15 is 0 Å². The third-order valence-corrected chi connectivity index (χ3v) is 4.81. The Morgan fingerprint density at radius 2 is 1.60 bits per heavy atom. The van der Waals surface area contributed by atoms with Crippen molar-refractivity contribution >= 4 is 29.4 Å². The van der Waals surface area contributed by atoms with E-state index < -0.39 is 5.92 Å². The summed E-state index contributed by atoms with van der Waals surface area (Å²) in [6.07, 6.45) is 3.11. The average molecular weight is 354 g/mol. The van der Waals surface area contributed by atoms with Crippen LogP contribution in [0.25, 0.3) is 0 Å². The van der Waals surface area contributed by atoms with E-state index in [-0.39, 0.29) is 17.5 Å². The Kier molecular flexibility index (Phi) is 5.77. The first kappa shape index (κ1) is 17.6. The first-order valence-corrected chi connectivity index (χ1v) is 8.86. The molecule has 4 heteroatoms. The second-order valence-electron chi connectivity index (χ2n) is 6.36. The molecule has 0 aromatic heterocycles. The Morgan fingerprint density at radius 1 is 0.960 bits per heavy atom. The van der Waals surface area contributed by atoms with Crippen LogP contribution in [0, 0.1) is 5.92 Å². The highest BCUT2D eigenvalue weighted by atomic mass is 35.5. The van der Waals surface area contributed by atoms with Crippen LogP contribution in [0.3, 0.4) is 0 Å². The minimum Gasteiger partial charge on any atom is -0.298 e. The van der Waals surface area contributed by atoms with Crippen molar-refractivity contribution in [1.29, 1.82) is 0 Å². The van der Waals surface area contributed by atoms with Crippen molar-refractivity contribution in [3.63, 3.8) is 0 Å². The van der Waals surface area contributed by atoms with Gasteiger partial charge >= 0.3 is 0 Å². The lowest BCUT2D eigenvalue weighted by Gasteiger charge is -2.24. The van der Waals surface area contributed by atoms with Crippen molar-refractivity contribution in [2.45, 2.75) is 25.2 Å². The van der Waals surface area contributed by atoms with E-state index in [9.17, 15) is 9.59 Å². The zero-order valence-electron chi connectivity index (χ0n) is 13.9. The molecule has 2 aromatic rings. The number of Topliss-reactive ketones (excluding diaryl/α,β-unsaturated/α-hetero) is 2. The Labute approximate surface area is 152 Å². The van der Waals surface area contributed by atoms with E-state index in [0.717, 1.165) is 12.0 Å². The molecule has 1 fully saturated rings.